The van der Waals surface area contributed by atoms with E-state index in [4.69, 9.17) is 11.6 Å². The summed E-state index contributed by atoms with van der Waals surface area (Å²) in [6, 6.07) is 5.35. The summed E-state index contributed by atoms with van der Waals surface area (Å²) in [6.07, 6.45) is 5.05. The van der Waals surface area contributed by atoms with Crippen LogP contribution in [0.2, 0.25) is 0 Å². The lowest BCUT2D eigenvalue weighted by atomic mass is 10.0. The van der Waals surface area contributed by atoms with E-state index < -0.39 is 17.6 Å². The first-order valence-electron chi connectivity index (χ1n) is 12.9. The third-order valence-corrected chi connectivity index (χ3v) is 6.17. The summed E-state index contributed by atoms with van der Waals surface area (Å²) < 4.78 is 41.6. The molecule has 1 amide bonds. The van der Waals surface area contributed by atoms with Crippen molar-refractivity contribution in [3.63, 3.8) is 0 Å². The highest BCUT2D eigenvalue weighted by atomic mass is 19.4. The van der Waals surface area contributed by atoms with Crippen molar-refractivity contribution >= 4 is 11.6 Å². The van der Waals surface area contributed by atoms with Crippen LogP contribution in [0.5, 0.6) is 0 Å². The minimum absolute atomic E-state index is 0.0371. The Morgan fingerprint density at radius 1 is 1.10 bits per heavy atom. The lowest BCUT2D eigenvalue weighted by Crippen LogP contribution is -2.44. The minimum atomic E-state index is -4.56. The normalized spacial score (nSPS) is 16.9. The van der Waals surface area contributed by atoms with Crippen LogP contribution in [0.1, 0.15) is 40.9 Å². The average Bonchev–Trinajstić information content (AvgIpc) is 2.94. The molecule has 212 valence electrons. The van der Waals surface area contributed by atoms with E-state index in [-0.39, 0.29) is 29.1 Å². The molecule has 40 heavy (non-hydrogen) atoms. The molecule has 1 aromatic heterocycles. The quantitative estimate of drug-likeness (QED) is 0.390. The van der Waals surface area contributed by atoms with E-state index in [2.05, 4.69) is 27.0 Å². The van der Waals surface area contributed by atoms with E-state index in [1.54, 1.807) is 24.4 Å². The van der Waals surface area contributed by atoms with E-state index in [0.29, 0.717) is 24.4 Å². The number of piperazine rings is 1. The van der Waals surface area contributed by atoms with Crippen molar-refractivity contribution in [2.24, 2.45) is 11.6 Å². The zero-order chi connectivity index (χ0) is 29.3. The summed E-state index contributed by atoms with van der Waals surface area (Å²) in [5, 5.41) is 3.87. The summed E-state index contributed by atoms with van der Waals surface area (Å²) in [7, 11) is 1.99. The fourth-order valence-electron chi connectivity index (χ4n) is 4.03. The number of alkyl halides is 3. The molecule has 4 rings (SSSR count). The molecule has 0 atom stereocenters. The number of likely N-dealkylation sites (N-methyl/N-ethyl adjacent to an activating group) is 1. The van der Waals surface area contributed by atoms with Crippen molar-refractivity contribution in [1.82, 2.24) is 19.8 Å². The molecule has 2 aliphatic rings. The molecule has 1 aromatic carbocycles. The van der Waals surface area contributed by atoms with Gasteiger partial charge in [0.1, 0.15) is 5.70 Å². The number of benzene rings is 1. The Bertz CT molecular complexity index is 1350. The number of hydrogen-bond acceptors (Lipinski definition) is 7. The van der Waals surface area contributed by atoms with Crippen molar-refractivity contribution in [3.8, 4) is 11.8 Å². The number of hydrazine groups is 1. The van der Waals surface area contributed by atoms with Crippen LogP contribution >= 0.6 is 0 Å². The maximum Gasteiger partial charge on any atom is 0.416 e. The molecule has 5 N–H and O–H groups in total. The Hall–Kier alpha value is -4.11. The maximum atomic E-state index is 13.9. The zero-order valence-corrected chi connectivity index (χ0v) is 22.8. The molecule has 3 heterocycles. The number of anilines is 1. The fraction of sp³-hybridized carbons (Fsp3) is 0.310. The molecule has 1 saturated heterocycles. The third kappa shape index (κ3) is 8.19. The van der Waals surface area contributed by atoms with E-state index in [9.17, 15) is 18.0 Å². The number of hydrogen-bond donors (Lipinski definition) is 3. The van der Waals surface area contributed by atoms with Gasteiger partial charge in [0.25, 0.3) is 5.91 Å². The predicted octanol–water partition coefficient (Wildman–Crippen LogP) is 3.91. The summed E-state index contributed by atoms with van der Waals surface area (Å²) >= 11 is 0. The van der Waals surface area contributed by atoms with Crippen molar-refractivity contribution in [2.75, 3.05) is 38.5 Å². The highest BCUT2D eigenvalue weighted by Crippen LogP contribution is 2.34. The molecule has 2 aromatic rings. The van der Waals surface area contributed by atoms with Crippen LogP contribution in [-0.2, 0) is 12.7 Å². The lowest BCUT2D eigenvalue weighted by Gasteiger charge is -2.33. The number of nitrogens with two attached hydrogens (primary N) is 2. The molecule has 0 aliphatic carbocycles. The summed E-state index contributed by atoms with van der Waals surface area (Å²) in [4.78, 5) is 21.0. The molecule has 8 nitrogen and oxygen atoms in total. The van der Waals surface area contributed by atoms with Gasteiger partial charge in [0.2, 0.25) is 0 Å². The Balaban J connectivity index is 0.00000216. The summed E-state index contributed by atoms with van der Waals surface area (Å²) in [6.45, 7) is 7.18. The van der Waals surface area contributed by atoms with Gasteiger partial charge in [-0.05, 0) is 48.9 Å². The SMILES string of the molecule is CC.CN1CCN(Cc2ccc(NC(=O)c3cncc(C#C/C(N)=C4\C=CC=CN4N)c3)cc2C(F)(F)F)CC1. The number of rotatable bonds is 4. The molecular weight excluding hydrogens is 519 g/mol. The van der Waals surface area contributed by atoms with Crippen LogP contribution in [0.3, 0.4) is 0 Å². The van der Waals surface area contributed by atoms with Gasteiger partial charge in [-0.1, -0.05) is 31.9 Å². The van der Waals surface area contributed by atoms with Gasteiger partial charge in [-0.2, -0.15) is 13.2 Å². The Labute approximate surface area is 232 Å². The fourth-order valence-corrected chi connectivity index (χ4v) is 4.03. The topological polar surface area (TPSA) is 104 Å². The van der Waals surface area contributed by atoms with Gasteiger partial charge in [-0.15, -0.1) is 0 Å². The van der Waals surface area contributed by atoms with Crippen molar-refractivity contribution in [1.29, 1.82) is 0 Å². The number of carbonyl (C=O) groups excluding carboxylic acids is 1. The third-order valence-electron chi connectivity index (χ3n) is 6.17. The Morgan fingerprint density at radius 2 is 1.82 bits per heavy atom. The average molecular weight is 554 g/mol. The monoisotopic (exact) mass is 553 g/mol. The number of allylic oxidation sites excluding steroid dienone is 4. The first-order valence-corrected chi connectivity index (χ1v) is 12.9. The van der Waals surface area contributed by atoms with Gasteiger partial charge in [-0.3, -0.25) is 19.7 Å². The molecule has 11 heteroatoms. The predicted molar refractivity (Wildman–Crippen MR) is 150 cm³/mol. The highest BCUT2D eigenvalue weighted by molar-refractivity contribution is 6.04. The smallest absolute Gasteiger partial charge is 0.390 e. The molecule has 0 radical (unpaired) electrons. The van der Waals surface area contributed by atoms with E-state index >= 15 is 0 Å². The van der Waals surface area contributed by atoms with E-state index in [1.165, 1.54) is 35.6 Å². The standard InChI is InChI=1S/C27H28F3N7O.C2H6/c1-35-10-12-36(13-11-35)18-20-6-7-22(15-23(20)27(28,29)30)34-26(38)21-14-19(16-33-17-21)5-8-24(31)25-4-2-3-9-37(25)32;1-2/h2-4,6-7,9,14-17H,10-13,18,31-32H2,1H3,(H,34,38);1-2H3/b25-24-;. The van der Waals surface area contributed by atoms with Crippen LogP contribution in [0, 0.1) is 11.8 Å². The first kappa shape index (κ1) is 30.4. The molecule has 1 fully saturated rings. The van der Waals surface area contributed by atoms with Crippen LogP contribution in [0.15, 0.2) is 72.5 Å². The van der Waals surface area contributed by atoms with E-state index in [1.807, 2.05) is 25.8 Å². The maximum absolute atomic E-state index is 13.9. The number of carbonyl (C=O) groups is 1. The molecule has 2 aliphatic heterocycles. The second-order valence-corrected chi connectivity index (χ2v) is 9.02. The minimum Gasteiger partial charge on any atom is -0.390 e. The van der Waals surface area contributed by atoms with Gasteiger partial charge < -0.3 is 16.0 Å². The summed E-state index contributed by atoms with van der Waals surface area (Å²) in [5.74, 6) is 10.8. The number of pyridine rings is 1. The van der Waals surface area contributed by atoms with Crippen LogP contribution in [0.4, 0.5) is 18.9 Å². The number of nitrogens with one attached hydrogen (secondary N) is 1. The zero-order valence-electron chi connectivity index (χ0n) is 22.8. The summed E-state index contributed by atoms with van der Waals surface area (Å²) in [5.41, 5.74) is 6.73. The Kier molecular flexibility index (Phi) is 10.5. The van der Waals surface area contributed by atoms with Crippen molar-refractivity contribution < 1.29 is 18.0 Å². The molecule has 0 unspecified atom stereocenters. The number of halogens is 3. The molecule has 0 saturated carbocycles. The van der Waals surface area contributed by atoms with Gasteiger partial charge in [-0.25, -0.2) is 5.84 Å². The number of nitrogens with zero attached hydrogens (tertiary/aromatic N) is 4. The largest absolute Gasteiger partial charge is 0.416 e. The second-order valence-electron chi connectivity index (χ2n) is 9.02. The molecule has 0 spiro atoms. The van der Waals surface area contributed by atoms with Gasteiger partial charge >= 0.3 is 6.18 Å². The highest BCUT2D eigenvalue weighted by Gasteiger charge is 2.34. The number of amides is 1. The lowest BCUT2D eigenvalue weighted by molar-refractivity contribution is -0.138. The van der Waals surface area contributed by atoms with Crippen molar-refractivity contribution in [2.45, 2.75) is 26.6 Å². The molecular formula is C29H34F3N7O. The van der Waals surface area contributed by atoms with Crippen LogP contribution in [0.25, 0.3) is 0 Å². The second kappa shape index (κ2) is 13.8. The van der Waals surface area contributed by atoms with Crippen molar-refractivity contribution in [3.05, 3.63) is 94.7 Å². The van der Waals surface area contributed by atoms with E-state index in [0.717, 1.165) is 19.2 Å². The molecule has 0 bridgehead atoms. The van der Waals surface area contributed by atoms with Crippen LogP contribution < -0.4 is 16.9 Å². The van der Waals surface area contributed by atoms with Crippen LogP contribution in [-0.4, -0.2) is 58.9 Å². The first-order chi connectivity index (χ1) is 19.1. The number of aromatic nitrogens is 1. The van der Waals surface area contributed by atoms with Gasteiger partial charge in [0.05, 0.1) is 16.8 Å². The Morgan fingerprint density at radius 3 is 2.50 bits per heavy atom. The van der Waals surface area contributed by atoms with Gasteiger partial charge in [0.15, 0.2) is 0 Å². The van der Waals surface area contributed by atoms with Gasteiger partial charge in [0, 0.05) is 62.6 Å².